The average Bonchev–Trinajstić information content (AvgIpc) is 3.21. The van der Waals surface area contributed by atoms with Crippen LogP contribution in [-0.2, 0) is 13.0 Å². The normalized spacial score (nSPS) is 12.3. The molecule has 126 valence electrons. The number of rotatable bonds is 7. The number of nitrogens with one attached hydrogen (secondary N) is 1. The van der Waals surface area contributed by atoms with Crippen molar-refractivity contribution in [3.05, 3.63) is 63.7 Å². The largest absolute Gasteiger partial charge is 0.344 e. The van der Waals surface area contributed by atoms with Gasteiger partial charge in [-0.3, -0.25) is 0 Å². The Hall–Kier alpha value is -2.18. The van der Waals surface area contributed by atoms with Crippen LogP contribution in [0.1, 0.15) is 27.9 Å². The fraction of sp³-hybridized carbons (Fsp3) is 0.333. The standard InChI is InChI=1S/C18H22N4OS/c1-13-9-10-24-17(13)15(11-14-7-5-4-6-8-14)19-12-16-20-18(21-23-16)22(2)3/h4-10,15,19H,11-12H2,1-3H3/t15-/m1/s1. The fourth-order valence-electron chi connectivity index (χ4n) is 2.56. The van der Waals surface area contributed by atoms with Crippen molar-refractivity contribution in [2.24, 2.45) is 0 Å². The van der Waals surface area contributed by atoms with Crippen molar-refractivity contribution >= 4 is 17.3 Å². The van der Waals surface area contributed by atoms with E-state index in [0.717, 1.165) is 6.42 Å². The molecule has 0 spiro atoms. The van der Waals surface area contributed by atoms with Crippen molar-refractivity contribution in [3.8, 4) is 0 Å². The van der Waals surface area contributed by atoms with Crippen molar-refractivity contribution in [2.45, 2.75) is 25.9 Å². The molecule has 0 radical (unpaired) electrons. The first-order valence-corrected chi connectivity index (χ1v) is 8.82. The van der Waals surface area contributed by atoms with E-state index in [1.54, 1.807) is 11.3 Å². The molecule has 1 atom stereocenters. The first kappa shape index (κ1) is 16.7. The summed E-state index contributed by atoms with van der Waals surface area (Å²) in [6.45, 7) is 2.71. The highest BCUT2D eigenvalue weighted by Crippen LogP contribution is 2.27. The van der Waals surface area contributed by atoms with Crippen molar-refractivity contribution in [2.75, 3.05) is 19.0 Å². The number of aryl methyl sites for hydroxylation is 1. The quantitative estimate of drug-likeness (QED) is 0.711. The smallest absolute Gasteiger partial charge is 0.265 e. The number of thiophene rings is 1. The average molecular weight is 342 g/mol. The number of anilines is 1. The Morgan fingerprint density at radius 1 is 1.21 bits per heavy atom. The number of benzene rings is 1. The predicted molar refractivity (Wildman–Crippen MR) is 97.4 cm³/mol. The summed E-state index contributed by atoms with van der Waals surface area (Å²) >= 11 is 1.78. The fourth-order valence-corrected chi connectivity index (χ4v) is 3.56. The highest BCUT2D eigenvalue weighted by atomic mass is 32.1. The van der Waals surface area contributed by atoms with Crippen LogP contribution in [0.25, 0.3) is 0 Å². The van der Waals surface area contributed by atoms with E-state index in [1.807, 2.05) is 25.1 Å². The van der Waals surface area contributed by atoms with Gasteiger partial charge >= 0.3 is 0 Å². The van der Waals surface area contributed by atoms with Gasteiger partial charge in [0, 0.05) is 25.0 Å². The van der Waals surface area contributed by atoms with Gasteiger partial charge in [0.1, 0.15) is 0 Å². The maximum atomic E-state index is 5.31. The molecule has 1 aromatic carbocycles. The molecule has 0 unspecified atom stereocenters. The first-order chi connectivity index (χ1) is 11.6. The lowest BCUT2D eigenvalue weighted by molar-refractivity contribution is 0.357. The Morgan fingerprint density at radius 2 is 2.00 bits per heavy atom. The molecule has 0 aliphatic rings. The Morgan fingerprint density at radius 3 is 2.62 bits per heavy atom. The minimum atomic E-state index is 0.224. The minimum absolute atomic E-state index is 0.224. The van der Waals surface area contributed by atoms with Gasteiger partial charge in [-0.05, 0) is 41.1 Å². The van der Waals surface area contributed by atoms with Gasteiger partial charge in [-0.15, -0.1) is 11.3 Å². The van der Waals surface area contributed by atoms with E-state index in [9.17, 15) is 0 Å². The summed E-state index contributed by atoms with van der Waals surface area (Å²) in [4.78, 5) is 7.57. The number of aromatic nitrogens is 2. The second kappa shape index (κ2) is 7.59. The van der Waals surface area contributed by atoms with E-state index in [0.29, 0.717) is 18.4 Å². The summed E-state index contributed by atoms with van der Waals surface area (Å²) in [5, 5.41) is 9.68. The van der Waals surface area contributed by atoms with Crippen LogP contribution in [-0.4, -0.2) is 24.2 Å². The molecule has 24 heavy (non-hydrogen) atoms. The third-order valence-corrected chi connectivity index (χ3v) is 4.99. The van der Waals surface area contributed by atoms with E-state index in [-0.39, 0.29) is 6.04 Å². The number of nitrogens with zero attached hydrogens (tertiary/aromatic N) is 3. The Kier molecular flexibility index (Phi) is 5.27. The molecule has 0 amide bonds. The topological polar surface area (TPSA) is 54.2 Å². The molecule has 0 aliphatic heterocycles. The van der Waals surface area contributed by atoms with Crippen LogP contribution < -0.4 is 10.2 Å². The summed E-state index contributed by atoms with van der Waals surface area (Å²) < 4.78 is 5.31. The summed E-state index contributed by atoms with van der Waals surface area (Å²) in [6.07, 6.45) is 0.927. The Labute approximate surface area is 146 Å². The molecular formula is C18H22N4OS. The second-order valence-electron chi connectivity index (χ2n) is 5.97. The Balaban J connectivity index is 1.73. The van der Waals surface area contributed by atoms with E-state index in [2.05, 4.69) is 58.1 Å². The molecule has 0 aliphatic carbocycles. The zero-order chi connectivity index (χ0) is 16.9. The van der Waals surface area contributed by atoms with E-state index in [1.165, 1.54) is 16.0 Å². The van der Waals surface area contributed by atoms with E-state index >= 15 is 0 Å². The third-order valence-electron chi connectivity index (χ3n) is 3.86. The molecular weight excluding hydrogens is 320 g/mol. The summed E-state index contributed by atoms with van der Waals surface area (Å²) in [7, 11) is 3.80. The molecule has 3 rings (SSSR count). The van der Waals surface area contributed by atoms with Crippen LogP contribution in [0.3, 0.4) is 0 Å². The van der Waals surface area contributed by atoms with Crippen molar-refractivity contribution in [1.82, 2.24) is 15.5 Å². The van der Waals surface area contributed by atoms with Crippen molar-refractivity contribution in [1.29, 1.82) is 0 Å². The van der Waals surface area contributed by atoms with Gasteiger partial charge in [0.25, 0.3) is 5.95 Å². The lowest BCUT2D eigenvalue weighted by Gasteiger charge is -2.18. The first-order valence-electron chi connectivity index (χ1n) is 7.94. The molecule has 0 bridgehead atoms. The molecule has 1 N–H and O–H groups in total. The van der Waals surface area contributed by atoms with E-state index < -0.39 is 0 Å². The number of hydrogen-bond acceptors (Lipinski definition) is 6. The summed E-state index contributed by atoms with van der Waals surface area (Å²) in [5.41, 5.74) is 2.62. The molecule has 2 heterocycles. The summed E-state index contributed by atoms with van der Waals surface area (Å²) in [5.74, 6) is 1.20. The highest BCUT2D eigenvalue weighted by molar-refractivity contribution is 7.10. The monoisotopic (exact) mass is 342 g/mol. The van der Waals surface area contributed by atoms with Crippen LogP contribution in [0, 0.1) is 6.92 Å². The van der Waals surface area contributed by atoms with Crippen LogP contribution in [0.2, 0.25) is 0 Å². The van der Waals surface area contributed by atoms with Gasteiger partial charge in [0.05, 0.1) is 6.54 Å². The van der Waals surface area contributed by atoms with Crippen LogP contribution in [0.15, 0.2) is 46.3 Å². The van der Waals surface area contributed by atoms with Gasteiger partial charge < -0.3 is 14.7 Å². The van der Waals surface area contributed by atoms with Crippen molar-refractivity contribution < 1.29 is 4.52 Å². The molecule has 0 fully saturated rings. The van der Waals surface area contributed by atoms with Crippen LogP contribution >= 0.6 is 11.3 Å². The predicted octanol–water partition coefficient (Wildman–Crippen LogP) is 3.58. The van der Waals surface area contributed by atoms with Gasteiger partial charge in [0.2, 0.25) is 5.89 Å². The number of hydrogen-bond donors (Lipinski definition) is 1. The van der Waals surface area contributed by atoms with Gasteiger partial charge in [-0.25, -0.2) is 0 Å². The van der Waals surface area contributed by atoms with Gasteiger partial charge in [0.15, 0.2) is 0 Å². The van der Waals surface area contributed by atoms with Crippen molar-refractivity contribution in [3.63, 3.8) is 0 Å². The van der Waals surface area contributed by atoms with Gasteiger partial charge in [-0.1, -0.05) is 30.3 Å². The zero-order valence-corrected chi connectivity index (χ0v) is 15.0. The molecule has 6 heteroatoms. The molecule has 0 saturated heterocycles. The lowest BCUT2D eigenvalue weighted by Crippen LogP contribution is -2.23. The lowest BCUT2D eigenvalue weighted by atomic mass is 10.0. The minimum Gasteiger partial charge on any atom is -0.344 e. The maximum absolute atomic E-state index is 5.31. The SMILES string of the molecule is Cc1ccsc1[C@@H](Cc1ccccc1)NCc1nc(N(C)C)no1. The second-order valence-corrected chi connectivity index (χ2v) is 6.92. The van der Waals surface area contributed by atoms with Crippen LogP contribution in [0.4, 0.5) is 5.95 Å². The maximum Gasteiger partial charge on any atom is 0.265 e. The zero-order valence-electron chi connectivity index (χ0n) is 14.2. The molecule has 3 aromatic rings. The van der Waals surface area contributed by atoms with Gasteiger partial charge in [-0.2, -0.15) is 4.98 Å². The third kappa shape index (κ3) is 4.01. The highest BCUT2D eigenvalue weighted by Gasteiger charge is 2.17. The summed E-state index contributed by atoms with van der Waals surface area (Å²) in [6, 6.07) is 12.9. The molecule has 2 aromatic heterocycles. The van der Waals surface area contributed by atoms with E-state index in [4.69, 9.17) is 4.52 Å². The molecule has 0 saturated carbocycles. The molecule has 5 nitrogen and oxygen atoms in total. The Bertz CT molecular complexity index is 766. The van der Waals surface area contributed by atoms with Crippen LogP contribution in [0.5, 0.6) is 0 Å².